The van der Waals surface area contributed by atoms with Gasteiger partial charge in [0, 0.05) is 12.1 Å². The largest absolute Gasteiger partial charge is 0.487 e. The van der Waals surface area contributed by atoms with Crippen molar-refractivity contribution < 1.29 is 13.5 Å². The van der Waals surface area contributed by atoms with Gasteiger partial charge in [0.2, 0.25) is 0 Å². The zero-order chi connectivity index (χ0) is 15.4. The number of benzene rings is 2. The normalized spacial score (nSPS) is 10.7. The van der Waals surface area contributed by atoms with Crippen LogP contribution in [0.1, 0.15) is 11.1 Å². The van der Waals surface area contributed by atoms with E-state index >= 15 is 0 Å². The summed E-state index contributed by atoms with van der Waals surface area (Å²) in [4.78, 5) is 0. The molecule has 0 aliphatic carbocycles. The van der Waals surface area contributed by atoms with Crippen LogP contribution < -0.4 is 10.1 Å². The molecule has 0 aliphatic heterocycles. The number of halogens is 4. The van der Waals surface area contributed by atoms with Crippen LogP contribution in [0.25, 0.3) is 0 Å². The number of nitrogens with one attached hydrogen (secondary N) is 1. The maximum absolute atomic E-state index is 13.9. The zero-order valence-electron chi connectivity index (χ0n) is 11.2. The second-order valence-electron chi connectivity index (χ2n) is 4.37. The van der Waals surface area contributed by atoms with Gasteiger partial charge in [-0.05, 0) is 41.2 Å². The van der Waals surface area contributed by atoms with Crippen molar-refractivity contribution in [1.82, 2.24) is 5.32 Å². The molecule has 0 aliphatic rings. The second kappa shape index (κ2) is 7.20. The number of hydrogen-bond donors (Lipinski definition) is 1. The Hall–Kier alpha value is -1.17. The predicted molar refractivity (Wildman–Crippen MR) is 82.6 cm³/mol. The first kappa shape index (κ1) is 16.2. The summed E-state index contributed by atoms with van der Waals surface area (Å²) < 4.78 is 33.3. The molecule has 2 aromatic carbocycles. The van der Waals surface area contributed by atoms with Crippen LogP contribution in [0.2, 0.25) is 5.02 Å². The fraction of sp³-hybridized carbons (Fsp3) is 0.200. The van der Waals surface area contributed by atoms with Gasteiger partial charge in [0.1, 0.15) is 24.0 Å². The van der Waals surface area contributed by atoms with Gasteiger partial charge in [-0.1, -0.05) is 23.7 Å². The fourth-order valence-electron chi connectivity index (χ4n) is 1.89. The van der Waals surface area contributed by atoms with Crippen molar-refractivity contribution in [2.24, 2.45) is 0 Å². The molecule has 1 N–H and O–H groups in total. The molecule has 6 heteroatoms. The molecule has 0 amide bonds. The summed E-state index contributed by atoms with van der Waals surface area (Å²) in [7, 11) is 1.79. The van der Waals surface area contributed by atoms with Crippen molar-refractivity contribution in [3.8, 4) is 5.75 Å². The van der Waals surface area contributed by atoms with Gasteiger partial charge >= 0.3 is 0 Å². The highest BCUT2D eigenvalue weighted by atomic mass is 79.9. The molecule has 0 bridgehead atoms. The second-order valence-corrected chi connectivity index (χ2v) is 5.63. The van der Waals surface area contributed by atoms with Gasteiger partial charge in [-0.2, -0.15) is 0 Å². The summed E-state index contributed by atoms with van der Waals surface area (Å²) in [5, 5.41) is 3.39. The summed E-state index contributed by atoms with van der Waals surface area (Å²) in [6, 6.07) is 7.81. The first-order chi connectivity index (χ1) is 10.0. The van der Waals surface area contributed by atoms with Crippen molar-refractivity contribution in [3.05, 3.63) is 62.6 Å². The van der Waals surface area contributed by atoms with Crippen molar-refractivity contribution in [2.75, 3.05) is 7.05 Å². The molecule has 112 valence electrons. The molecule has 0 unspecified atom stereocenters. The summed E-state index contributed by atoms with van der Waals surface area (Å²) in [6.45, 7) is 0.302. The predicted octanol–water partition coefficient (Wildman–Crippen LogP) is 4.68. The van der Waals surface area contributed by atoms with Crippen LogP contribution in [0, 0.1) is 11.6 Å². The van der Waals surface area contributed by atoms with E-state index in [0.717, 1.165) is 5.56 Å². The minimum absolute atomic E-state index is 0.139. The van der Waals surface area contributed by atoms with E-state index in [1.807, 2.05) is 6.07 Å². The standard InChI is InChI=1S/C15H13BrClF2NO/c1-20-7-9-3-2-4-12(17)15(9)21-8-10-13(18)6-5-11(16)14(10)19/h2-6,20H,7-8H2,1H3. The number of hydrogen-bond acceptors (Lipinski definition) is 2. The molecule has 2 aromatic rings. The Morgan fingerprint density at radius 2 is 2.00 bits per heavy atom. The van der Waals surface area contributed by atoms with E-state index < -0.39 is 11.6 Å². The zero-order valence-corrected chi connectivity index (χ0v) is 13.6. The lowest BCUT2D eigenvalue weighted by Gasteiger charge is -2.14. The van der Waals surface area contributed by atoms with E-state index in [-0.39, 0.29) is 16.6 Å². The Kier molecular flexibility index (Phi) is 5.56. The number of rotatable bonds is 5. The van der Waals surface area contributed by atoms with Crippen molar-refractivity contribution >= 4 is 27.5 Å². The molecular formula is C15H13BrClF2NO. The van der Waals surface area contributed by atoms with E-state index in [1.54, 1.807) is 19.2 Å². The molecule has 0 atom stereocenters. The molecule has 0 heterocycles. The van der Waals surface area contributed by atoms with E-state index in [4.69, 9.17) is 16.3 Å². The average molecular weight is 377 g/mol. The molecular weight excluding hydrogens is 364 g/mol. The van der Waals surface area contributed by atoms with Crippen LogP contribution in [0.5, 0.6) is 5.75 Å². The van der Waals surface area contributed by atoms with Crippen LogP contribution in [0.15, 0.2) is 34.8 Å². The Labute approximate surface area is 135 Å². The van der Waals surface area contributed by atoms with E-state index in [2.05, 4.69) is 21.2 Å². The minimum Gasteiger partial charge on any atom is -0.487 e. The molecule has 0 radical (unpaired) electrons. The molecule has 0 spiro atoms. The lowest BCUT2D eigenvalue weighted by molar-refractivity contribution is 0.289. The molecule has 2 rings (SSSR count). The summed E-state index contributed by atoms with van der Waals surface area (Å²) in [6.07, 6.45) is 0. The maximum Gasteiger partial charge on any atom is 0.146 e. The van der Waals surface area contributed by atoms with Crippen LogP contribution in [-0.2, 0) is 13.2 Å². The van der Waals surface area contributed by atoms with Crippen LogP contribution in [-0.4, -0.2) is 7.05 Å². The number of ether oxygens (including phenoxy) is 1. The lowest BCUT2D eigenvalue weighted by Crippen LogP contribution is -2.09. The summed E-state index contributed by atoms with van der Waals surface area (Å²) in [5.41, 5.74) is 0.681. The Morgan fingerprint density at radius 1 is 1.24 bits per heavy atom. The summed E-state index contributed by atoms with van der Waals surface area (Å²) in [5.74, 6) is -0.901. The third-order valence-corrected chi connectivity index (χ3v) is 3.83. The minimum atomic E-state index is -0.669. The van der Waals surface area contributed by atoms with E-state index in [0.29, 0.717) is 17.3 Å². The quantitative estimate of drug-likeness (QED) is 0.765. The molecule has 0 fully saturated rings. The highest BCUT2D eigenvalue weighted by Crippen LogP contribution is 2.30. The highest BCUT2D eigenvalue weighted by Gasteiger charge is 2.15. The topological polar surface area (TPSA) is 21.3 Å². The lowest BCUT2D eigenvalue weighted by atomic mass is 10.2. The summed E-state index contributed by atoms with van der Waals surface area (Å²) >= 11 is 9.12. The first-order valence-corrected chi connectivity index (χ1v) is 7.39. The molecule has 2 nitrogen and oxygen atoms in total. The maximum atomic E-state index is 13.9. The highest BCUT2D eigenvalue weighted by molar-refractivity contribution is 9.10. The Bertz CT molecular complexity index is 652. The van der Waals surface area contributed by atoms with E-state index in [9.17, 15) is 8.78 Å². The molecule has 0 saturated carbocycles. The number of para-hydroxylation sites is 1. The Balaban J connectivity index is 2.27. The van der Waals surface area contributed by atoms with Crippen molar-refractivity contribution in [1.29, 1.82) is 0 Å². The van der Waals surface area contributed by atoms with Crippen LogP contribution in [0.3, 0.4) is 0 Å². The third kappa shape index (κ3) is 3.73. The molecule has 21 heavy (non-hydrogen) atoms. The van der Waals surface area contributed by atoms with Gasteiger partial charge in [0.25, 0.3) is 0 Å². The van der Waals surface area contributed by atoms with Gasteiger partial charge in [0.15, 0.2) is 0 Å². The van der Waals surface area contributed by atoms with Gasteiger partial charge < -0.3 is 10.1 Å². The van der Waals surface area contributed by atoms with E-state index in [1.165, 1.54) is 12.1 Å². The van der Waals surface area contributed by atoms with Crippen molar-refractivity contribution in [2.45, 2.75) is 13.2 Å². The van der Waals surface area contributed by atoms with Gasteiger partial charge in [0.05, 0.1) is 15.1 Å². The molecule has 0 saturated heterocycles. The average Bonchev–Trinajstić information content (AvgIpc) is 2.46. The smallest absolute Gasteiger partial charge is 0.146 e. The van der Waals surface area contributed by atoms with Crippen molar-refractivity contribution in [3.63, 3.8) is 0 Å². The van der Waals surface area contributed by atoms with Crippen LogP contribution in [0.4, 0.5) is 8.78 Å². The monoisotopic (exact) mass is 375 g/mol. The first-order valence-electron chi connectivity index (χ1n) is 6.21. The van der Waals surface area contributed by atoms with Gasteiger partial charge in [-0.15, -0.1) is 0 Å². The van der Waals surface area contributed by atoms with Gasteiger partial charge in [-0.3, -0.25) is 0 Å². The SMILES string of the molecule is CNCc1cccc(Cl)c1OCc1c(F)ccc(Br)c1F. The third-order valence-electron chi connectivity index (χ3n) is 2.92. The Morgan fingerprint density at radius 3 is 2.71 bits per heavy atom. The fourth-order valence-corrected chi connectivity index (χ4v) is 2.51. The van der Waals surface area contributed by atoms with Crippen LogP contribution >= 0.6 is 27.5 Å². The van der Waals surface area contributed by atoms with Gasteiger partial charge in [-0.25, -0.2) is 8.78 Å². The molecule has 0 aromatic heterocycles.